The van der Waals surface area contributed by atoms with Crippen LogP contribution < -0.4 is 0 Å². The van der Waals surface area contributed by atoms with Gasteiger partial charge in [-0.3, -0.25) is 0 Å². The first kappa shape index (κ1) is 7.55. The number of rotatable bonds is 1. The first-order valence-electron chi connectivity index (χ1n) is 3.53. The molecule has 1 aliphatic rings. The fourth-order valence-electron chi connectivity index (χ4n) is 1.15. The highest BCUT2D eigenvalue weighted by Gasteiger charge is 2.28. The van der Waals surface area contributed by atoms with Crippen molar-refractivity contribution in [1.82, 2.24) is 0 Å². The second-order valence-electron chi connectivity index (χ2n) is 2.62. The van der Waals surface area contributed by atoms with E-state index in [1.54, 1.807) is 0 Å². The predicted octanol–water partition coefficient (Wildman–Crippen LogP) is 2.34. The Kier molecular flexibility index (Phi) is 2.53. The molecule has 1 nitrogen and oxygen atoms in total. The molecule has 2 heteroatoms. The van der Waals surface area contributed by atoms with E-state index in [1.807, 2.05) is 0 Å². The van der Waals surface area contributed by atoms with Crippen molar-refractivity contribution in [2.45, 2.75) is 43.7 Å². The zero-order chi connectivity index (χ0) is 6.85. The molecule has 0 bridgehead atoms. The normalized spacial score (nSPS) is 43.7. The van der Waals surface area contributed by atoms with Crippen molar-refractivity contribution in [2.75, 3.05) is 0 Å². The smallest absolute Gasteiger partial charge is 0.0676 e. The molecule has 0 saturated carbocycles. The van der Waals surface area contributed by atoms with Crippen LogP contribution in [0.25, 0.3) is 0 Å². The Morgan fingerprint density at radius 1 is 1.67 bits per heavy atom. The van der Waals surface area contributed by atoms with Gasteiger partial charge in [0.05, 0.1) is 12.2 Å². The molecule has 0 amide bonds. The van der Waals surface area contributed by atoms with Crippen molar-refractivity contribution in [1.29, 1.82) is 0 Å². The predicted molar refractivity (Wildman–Crippen MR) is 42.0 cm³/mol. The number of alkyl halides is 1. The van der Waals surface area contributed by atoms with Crippen LogP contribution in [0.3, 0.4) is 0 Å². The minimum atomic E-state index is 0.412. The summed E-state index contributed by atoms with van der Waals surface area (Å²) in [5.41, 5.74) is 0. The van der Waals surface area contributed by atoms with Crippen LogP contribution in [0.4, 0.5) is 0 Å². The summed E-state index contributed by atoms with van der Waals surface area (Å²) in [5, 5.41) is 0. The van der Waals surface area contributed by atoms with Gasteiger partial charge in [0, 0.05) is 4.83 Å². The summed E-state index contributed by atoms with van der Waals surface area (Å²) >= 11 is 3.56. The van der Waals surface area contributed by atoms with Gasteiger partial charge in [-0.2, -0.15) is 0 Å². The van der Waals surface area contributed by atoms with Crippen molar-refractivity contribution < 1.29 is 4.74 Å². The summed E-state index contributed by atoms with van der Waals surface area (Å²) in [6.45, 7) is 4.29. The Labute approximate surface area is 64.9 Å². The molecule has 0 aromatic heterocycles. The molecule has 0 radical (unpaired) electrons. The molecule has 3 atom stereocenters. The molecule has 0 aromatic rings. The molecule has 1 fully saturated rings. The van der Waals surface area contributed by atoms with Crippen molar-refractivity contribution >= 4 is 15.9 Å². The maximum atomic E-state index is 5.58. The Hall–Kier alpha value is 0.440. The molecule has 54 valence electrons. The van der Waals surface area contributed by atoms with Gasteiger partial charge >= 0.3 is 0 Å². The molecule has 2 unspecified atom stereocenters. The van der Waals surface area contributed by atoms with Gasteiger partial charge < -0.3 is 4.74 Å². The summed E-state index contributed by atoms with van der Waals surface area (Å²) < 4.78 is 5.58. The third kappa shape index (κ3) is 1.68. The Morgan fingerprint density at radius 3 is 2.56 bits per heavy atom. The molecular formula is C7H13BrO. The second kappa shape index (κ2) is 3.02. The van der Waals surface area contributed by atoms with Crippen molar-refractivity contribution in [3.8, 4) is 0 Å². The lowest BCUT2D eigenvalue weighted by molar-refractivity contribution is 0.0552. The number of hydrogen-bond acceptors (Lipinski definition) is 1. The van der Waals surface area contributed by atoms with E-state index in [0.29, 0.717) is 17.0 Å². The summed E-state index contributed by atoms with van der Waals surface area (Å²) in [7, 11) is 0. The van der Waals surface area contributed by atoms with Crippen LogP contribution in [-0.2, 0) is 4.74 Å². The van der Waals surface area contributed by atoms with E-state index in [4.69, 9.17) is 4.74 Å². The van der Waals surface area contributed by atoms with Gasteiger partial charge in [0.1, 0.15) is 0 Å². The van der Waals surface area contributed by atoms with Gasteiger partial charge in [0.25, 0.3) is 0 Å². The summed E-state index contributed by atoms with van der Waals surface area (Å²) in [4.78, 5) is 0.586. The highest BCUT2D eigenvalue weighted by molar-refractivity contribution is 9.09. The maximum absolute atomic E-state index is 5.58. The van der Waals surface area contributed by atoms with Crippen LogP contribution in [-0.4, -0.2) is 17.0 Å². The number of hydrogen-bond donors (Lipinski definition) is 0. The molecule has 1 aliphatic heterocycles. The first-order valence-corrected chi connectivity index (χ1v) is 4.45. The van der Waals surface area contributed by atoms with E-state index >= 15 is 0 Å². The van der Waals surface area contributed by atoms with E-state index in [2.05, 4.69) is 29.8 Å². The lowest BCUT2D eigenvalue weighted by Gasteiger charge is -2.06. The van der Waals surface area contributed by atoms with Gasteiger partial charge in [-0.05, 0) is 19.8 Å². The summed E-state index contributed by atoms with van der Waals surface area (Å²) in [6.07, 6.45) is 3.24. The van der Waals surface area contributed by atoms with Gasteiger partial charge in [-0.15, -0.1) is 0 Å². The SMILES string of the molecule is CCC1C[C@@H](Br)C(C)O1. The molecule has 1 rings (SSSR count). The van der Waals surface area contributed by atoms with Gasteiger partial charge in [0.2, 0.25) is 0 Å². The van der Waals surface area contributed by atoms with E-state index in [0.717, 1.165) is 6.42 Å². The quantitative estimate of drug-likeness (QED) is 0.580. The molecule has 1 saturated heterocycles. The summed E-state index contributed by atoms with van der Waals surface area (Å²) in [6, 6.07) is 0. The van der Waals surface area contributed by atoms with Crippen LogP contribution >= 0.6 is 15.9 Å². The van der Waals surface area contributed by atoms with Crippen LogP contribution in [0, 0.1) is 0 Å². The third-order valence-electron chi connectivity index (χ3n) is 1.86. The Balaban J connectivity index is 2.35. The largest absolute Gasteiger partial charge is 0.374 e. The average Bonchev–Trinajstić information content (AvgIpc) is 2.13. The molecule has 0 N–H and O–H groups in total. The molecule has 1 heterocycles. The fourth-order valence-corrected chi connectivity index (χ4v) is 1.69. The Bertz CT molecular complexity index is 84.9. The molecule has 9 heavy (non-hydrogen) atoms. The van der Waals surface area contributed by atoms with Gasteiger partial charge in [-0.25, -0.2) is 0 Å². The van der Waals surface area contributed by atoms with Crippen LogP contribution in [0.1, 0.15) is 26.7 Å². The lowest BCUT2D eigenvalue weighted by atomic mass is 10.2. The van der Waals surface area contributed by atoms with E-state index in [-0.39, 0.29) is 0 Å². The fraction of sp³-hybridized carbons (Fsp3) is 1.00. The standard InChI is InChI=1S/C7H13BrO/c1-3-6-4-7(8)5(2)9-6/h5-7H,3-4H2,1-2H3/t5?,6?,7-/m1/s1. The lowest BCUT2D eigenvalue weighted by Crippen LogP contribution is -2.09. The summed E-state index contributed by atoms with van der Waals surface area (Å²) in [5.74, 6) is 0. The van der Waals surface area contributed by atoms with E-state index in [9.17, 15) is 0 Å². The molecule has 0 spiro atoms. The monoisotopic (exact) mass is 192 g/mol. The zero-order valence-corrected chi connectivity index (χ0v) is 7.52. The number of ether oxygens (including phenoxy) is 1. The van der Waals surface area contributed by atoms with Crippen LogP contribution in [0.5, 0.6) is 0 Å². The van der Waals surface area contributed by atoms with Crippen molar-refractivity contribution in [3.05, 3.63) is 0 Å². The van der Waals surface area contributed by atoms with Crippen LogP contribution in [0.15, 0.2) is 0 Å². The van der Waals surface area contributed by atoms with E-state index in [1.165, 1.54) is 6.42 Å². The molecule has 0 aromatic carbocycles. The molecular weight excluding hydrogens is 180 g/mol. The van der Waals surface area contributed by atoms with Gasteiger partial charge in [-0.1, -0.05) is 22.9 Å². The Morgan fingerprint density at radius 2 is 2.33 bits per heavy atom. The topological polar surface area (TPSA) is 9.23 Å². The first-order chi connectivity index (χ1) is 4.24. The minimum absolute atomic E-state index is 0.412. The molecule has 0 aliphatic carbocycles. The van der Waals surface area contributed by atoms with Crippen molar-refractivity contribution in [3.63, 3.8) is 0 Å². The van der Waals surface area contributed by atoms with Crippen LogP contribution in [0.2, 0.25) is 0 Å². The van der Waals surface area contributed by atoms with E-state index < -0.39 is 0 Å². The third-order valence-corrected chi connectivity index (χ3v) is 2.98. The second-order valence-corrected chi connectivity index (χ2v) is 3.80. The van der Waals surface area contributed by atoms with Crippen molar-refractivity contribution in [2.24, 2.45) is 0 Å². The number of halogens is 1. The zero-order valence-electron chi connectivity index (χ0n) is 5.93. The average molecular weight is 193 g/mol. The highest BCUT2D eigenvalue weighted by atomic mass is 79.9. The maximum Gasteiger partial charge on any atom is 0.0676 e. The highest BCUT2D eigenvalue weighted by Crippen LogP contribution is 2.27. The van der Waals surface area contributed by atoms with Gasteiger partial charge in [0.15, 0.2) is 0 Å². The minimum Gasteiger partial charge on any atom is -0.374 e.